The van der Waals surface area contributed by atoms with E-state index in [1.807, 2.05) is 21.9 Å². The van der Waals surface area contributed by atoms with E-state index in [9.17, 15) is 18.8 Å². The van der Waals surface area contributed by atoms with Crippen LogP contribution in [0, 0.1) is 17.7 Å². The maximum atomic E-state index is 13.7. The highest BCUT2D eigenvalue weighted by Gasteiger charge is 2.43. The number of hydrogen-bond acceptors (Lipinski definition) is 5. The molecule has 0 aliphatic carbocycles. The summed E-state index contributed by atoms with van der Waals surface area (Å²) in [5.41, 5.74) is 0.975. The quantitative estimate of drug-likeness (QED) is 0.525. The number of nitrogens with zero attached hydrogens (tertiary/aromatic N) is 3. The molecule has 0 bridgehead atoms. The first-order valence-electron chi connectivity index (χ1n) is 13.9. The van der Waals surface area contributed by atoms with Crippen LogP contribution in [0.4, 0.5) is 9.18 Å². The molecule has 0 spiro atoms. The zero-order valence-electron chi connectivity index (χ0n) is 22.6. The molecule has 3 amide bonds. The molecular formula is C30H35ClFN3O5. The fourth-order valence-corrected chi connectivity index (χ4v) is 6.14. The summed E-state index contributed by atoms with van der Waals surface area (Å²) in [5, 5.41) is 0.609. The maximum Gasteiger partial charge on any atom is 0.415 e. The van der Waals surface area contributed by atoms with Gasteiger partial charge in [0.1, 0.15) is 11.6 Å². The topological polar surface area (TPSA) is 79.4 Å². The van der Waals surface area contributed by atoms with Crippen molar-refractivity contribution in [1.29, 1.82) is 0 Å². The summed E-state index contributed by atoms with van der Waals surface area (Å²) in [6, 6.07) is 12.4. The normalized spacial score (nSPS) is 22.3. The van der Waals surface area contributed by atoms with Gasteiger partial charge >= 0.3 is 6.09 Å². The average Bonchev–Trinajstić information content (AvgIpc) is 3.43. The number of rotatable bonds is 5. The van der Waals surface area contributed by atoms with Gasteiger partial charge in [0.15, 0.2) is 0 Å². The molecule has 3 aliphatic rings. The van der Waals surface area contributed by atoms with Gasteiger partial charge in [0, 0.05) is 69.2 Å². The highest BCUT2D eigenvalue weighted by molar-refractivity contribution is 6.30. The Morgan fingerprint density at radius 3 is 2.12 bits per heavy atom. The van der Waals surface area contributed by atoms with E-state index in [2.05, 4.69) is 0 Å². The maximum absolute atomic E-state index is 13.7. The summed E-state index contributed by atoms with van der Waals surface area (Å²) in [5.74, 6) is -0.221. The molecule has 40 heavy (non-hydrogen) atoms. The van der Waals surface area contributed by atoms with Crippen LogP contribution in [0.25, 0.3) is 0 Å². The van der Waals surface area contributed by atoms with Crippen molar-refractivity contribution in [3.05, 3.63) is 64.9 Å². The molecule has 2 aromatic carbocycles. The number of piperidine rings is 1. The van der Waals surface area contributed by atoms with E-state index in [0.29, 0.717) is 57.3 Å². The van der Waals surface area contributed by atoms with Crippen molar-refractivity contribution in [1.82, 2.24) is 14.7 Å². The Bertz CT molecular complexity index is 1200. The Morgan fingerprint density at radius 2 is 1.48 bits per heavy atom. The van der Waals surface area contributed by atoms with Crippen LogP contribution >= 0.6 is 11.6 Å². The van der Waals surface area contributed by atoms with Gasteiger partial charge in [-0.1, -0.05) is 23.7 Å². The van der Waals surface area contributed by atoms with E-state index < -0.39 is 11.9 Å². The van der Waals surface area contributed by atoms with Crippen molar-refractivity contribution in [2.75, 3.05) is 46.4 Å². The van der Waals surface area contributed by atoms with Gasteiger partial charge < -0.3 is 24.2 Å². The van der Waals surface area contributed by atoms with Crippen molar-refractivity contribution in [2.45, 2.75) is 37.6 Å². The number of likely N-dealkylation sites (N-methyl/N-ethyl adjacent to an activating group) is 1. The molecule has 0 radical (unpaired) electrons. The Morgan fingerprint density at radius 1 is 0.875 bits per heavy atom. The molecule has 3 aliphatic heterocycles. The van der Waals surface area contributed by atoms with E-state index >= 15 is 0 Å². The third kappa shape index (κ3) is 6.41. The first-order chi connectivity index (χ1) is 19.3. The van der Waals surface area contributed by atoms with Gasteiger partial charge in [-0.2, -0.15) is 0 Å². The second-order valence-corrected chi connectivity index (χ2v) is 11.3. The van der Waals surface area contributed by atoms with Crippen molar-refractivity contribution in [3.63, 3.8) is 0 Å². The first-order valence-corrected chi connectivity index (χ1v) is 14.3. The van der Waals surface area contributed by atoms with Crippen LogP contribution in [0.3, 0.4) is 0 Å². The summed E-state index contributed by atoms with van der Waals surface area (Å²) >= 11 is 6.12. The number of halogens is 2. The van der Waals surface area contributed by atoms with Crippen LogP contribution in [0.2, 0.25) is 5.02 Å². The summed E-state index contributed by atoms with van der Waals surface area (Å²) < 4.78 is 24.2. The first kappa shape index (κ1) is 28.4. The Balaban J connectivity index is 1.25. The number of hydrogen-bond donors (Lipinski definition) is 0. The molecule has 3 heterocycles. The number of likely N-dealkylation sites (tertiary alicyclic amines) is 2. The summed E-state index contributed by atoms with van der Waals surface area (Å²) in [4.78, 5) is 44.9. The molecule has 8 nitrogen and oxygen atoms in total. The molecule has 1 unspecified atom stereocenters. The Labute approximate surface area is 238 Å². The predicted octanol–water partition coefficient (Wildman–Crippen LogP) is 4.57. The predicted molar refractivity (Wildman–Crippen MR) is 148 cm³/mol. The van der Waals surface area contributed by atoms with Crippen LogP contribution in [0.15, 0.2) is 48.5 Å². The fraction of sp³-hybridized carbons (Fsp3) is 0.500. The van der Waals surface area contributed by atoms with E-state index in [0.717, 1.165) is 18.4 Å². The second-order valence-electron chi connectivity index (χ2n) is 10.9. The highest BCUT2D eigenvalue weighted by Crippen LogP contribution is 2.34. The molecule has 2 aromatic rings. The molecule has 214 valence electrons. The lowest BCUT2D eigenvalue weighted by Gasteiger charge is -2.36. The van der Waals surface area contributed by atoms with E-state index in [4.69, 9.17) is 21.1 Å². The van der Waals surface area contributed by atoms with Crippen molar-refractivity contribution >= 4 is 29.5 Å². The summed E-state index contributed by atoms with van der Waals surface area (Å²) in [6.07, 6.45) is 2.20. The van der Waals surface area contributed by atoms with Gasteiger partial charge in [-0.3, -0.25) is 9.59 Å². The van der Waals surface area contributed by atoms with E-state index in [-0.39, 0.29) is 41.4 Å². The monoisotopic (exact) mass is 571 g/mol. The third-order valence-electron chi connectivity index (χ3n) is 8.43. The van der Waals surface area contributed by atoms with Gasteiger partial charge in [0.25, 0.3) is 0 Å². The Hall–Kier alpha value is -3.17. The van der Waals surface area contributed by atoms with Crippen LogP contribution in [-0.2, 0) is 14.3 Å². The molecule has 0 aromatic heterocycles. The number of carbonyl (C=O) groups excluding carboxylic acids is 3. The standard InChI is InChI=1S/C30H35ClFN3O5/c1-33(30(38)40-25-8-6-24(32)7-9-25)27-19-35(18-26(27)20-2-4-23(31)5-3-20)29(37)21-10-14-34(15-11-21)28(36)22-12-16-39-17-13-22/h2-9,21-22,26-27H,10-19H2,1H3/t26-,27?/m0/s1. The van der Waals surface area contributed by atoms with Crippen LogP contribution < -0.4 is 4.74 Å². The van der Waals surface area contributed by atoms with Crippen molar-refractivity contribution < 1.29 is 28.2 Å². The SMILES string of the molecule is CN(C(=O)Oc1ccc(F)cc1)C1CN(C(=O)C2CCN(C(=O)C3CCOCC3)CC2)C[C@H]1c1ccc(Cl)cc1. The van der Waals surface area contributed by atoms with Gasteiger partial charge in [-0.05, 0) is 67.6 Å². The van der Waals surface area contributed by atoms with Crippen LogP contribution in [0.5, 0.6) is 5.75 Å². The molecule has 0 saturated carbocycles. The molecule has 2 atom stereocenters. The van der Waals surface area contributed by atoms with Gasteiger partial charge in [0.2, 0.25) is 11.8 Å². The smallest absolute Gasteiger partial charge is 0.410 e. The van der Waals surface area contributed by atoms with Crippen LogP contribution in [0.1, 0.15) is 37.2 Å². The molecule has 3 fully saturated rings. The van der Waals surface area contributed by atoms with Gasteiger partial charge in [0.05, 0.1) is 6.04 Å². The Kier molecular flexibility index (Phi) is 8.90. The number of benzene rings is 2. The minimum atomic E-state index is -0.579. The minimum absolute atomic E-state index is 0.0191. The zero-order valence-corrected chi connectivity index (χ0v) is 23.4. The highest BCUT2D eigenvalue weighted by atomic mass is 35.5. The molecule has 3 saturated heterocycles. The lowest BCUT2D eigenvalue weighted by Crippen LogP contribution is -2.47. The third-order valence-corrected chi connectivity index (χ3v) is 8.68. The zero-order chi connectivity index (χ0) is 28.2. The molecular weight excluding hydrogens is 537 g/mol. The molecule has 5 rings (SSSR count). The largest absolute Gasteiger partial charge is 0.415 e. The average molecular weight is 572 g/mol. The number of ether oxygens (including phenoxy) is 2. The molecule has 0 N–H and O–H groups in total. The second kappa shape index (κ2) is 12.6. The van der Waals surface area contributed by atoms with Crippen molar-refractivity contribution in [2.24, 2.45) is 11.8 Å². The van der Waals surface area contributed by atoms with Crippen molar-refractivity contribution in [3.8, 4) is 5.75 Å². The number of amides is 3. The van der Waals surface area contributed by atoms with E-state index in [1.54, 1.807) is 19.2 Å². The van der Waals surface area contributed by atoms with Gasteiger partial charge in [-0.15, -0.1) is 0 Å². The lowest BCUT2D eigenvalue weighted by atomic mass is 9.92. The lowest BCUT2D eigenvalue weighted by molar-refractivity contribution is -0.144. The summed E-state index contributed by atoms with van der Waals surface area (Å²) in [6.45, 7) is 3.23. The number of carbonyl (C=O) groups is 3. The van der Waals surface area contributed by atoms with E-state index in [1.165, 1.54) is 29.2 Å². The fourth-order valence-electron chi connectivity index (χ4n) is 6.02. The molecule has 10 heteroatoms. The van der Waals surface area contributed by atoms with Gasteiger partial charge in [-0.25, -0.2) is 9.18 Å². The van der Waals surface area contributed by atoms with Crippen LogP contribution in [-0.4, -0.2) is 85.1 Å². The minimum Gasteiger partial charge on any atom is -0.410 e. The summed E-state index contributed by atoms with van der Waals surface area (Å²) in [7, 11) is 1.66.